The molecule has 92 valence electrons. The van der Waals surface area contributed by atoms with Gasteiger partial charge in [-0.3, -0.25) is 14.7 Å². The number of nitrogens with zero attached hydrogens (tertiary/aromatic N) is 2. The molecule has 0 unspecified atom stereocenters. The second kappa shape index (κ2) is 7.35. The van der Waals surface area contributed by atoms with Crippen molar-refractivity contribution in [2.24, 2.45) is 4.99 Å². The Bertz CT molecular complexity index is 248. The molecule has 0 aromatic heterocycles. The molecule has 0 aromatic carbocycles. The largest absolute Gasteiger partial charge is 0.469 e. The van der Waals surface area contributed by atoms with Crippen LogP contribution in [-0.2, 0) is 14.3 Å². The summed E-state index contributed by atoms with van der Waals surface area (Å²) in [6, 6.07) is 0. The van der Waals surface area contributed by atoms with Gasteiger partial charge < -0.3 is 9.47 Å². The van der Waals surface area contributed by atoms with Crippen LogP contribution in [-0.4, -0.2) is 63.1 Å². The smallest absolute Gasteiger partial charge is 0.311 e. The number of esters is 1. The molecule has 5 nitrogen and oxygen atoms in total. The first-order valence-electron chi connectivity index (χ1n) is 5.59. The number of aliphatic imine (C=N–C) groups is 1. The average Bonchev–Trinajstić information content (AvgIpc) is 2.30. The second-order valence-corrected chi connectivity index (χ2v) is 3.82. The van der Waals surface area contributed by atoms with Gasteiger partial charge in [-0.25, -0.2) is 0 Å². The van der Waals surface area contributed by atoms with Crippen LogP contribution in [0.4, 0.5) is 0 Å². The molecule has 0 radical (unpaired) electrons. The normalized spacial score (nSPS) is 18.5. The molecule has 0 bridgehead atoms. The van der Waals surface area contributed by atoms with Crippen molar-refractivity contribution in [1.82, 2.24) is 4.90 Å². The molecule has 0 amide bonds. The van der Waals surface area contributed by atoms with Crippen LogP contribution >= 0.6 is 0 Å². The summed E-state index contributed by atoms with van der Waals surface area (Å²) in [6.07, 6.45) is 0.291. The van der Waals surface area contributed by atoms with Crippen molar-refractivity contribution >= 4 is 11.7 Å². The van der Waals surface area contributed by atoms with Crippen LogP contribution in [0.5, 0.6) is 0 Å². The maximum absolute atomic E-state index is 11.0. The Kier molecular flexibility index (Phi) is 6.03. The Morgan fingerprint density at radius 1 is 1.44 bits per heavy atom. The molecule has 1 rings (SSSR count). The summed E-state index contributed by atoms with van der Waals surface area (Å²) < 4.78 is 9.83. The van der Waals surface area contributed by atoms with Gasteiger partial charge in [-0.15, -0.1) is 0 Å². The highest BCUT2D eigenvalue weighted by Crippen LogP contribution is 1.96. The van der Waals surface area contributed by atoms with Gasteiger partial charge in [0.1, 0.15) is 0 Å². The van der Waals surface area contributed by atoms with Crippen LogP contribution in [0.2, 0.25) is 0 Å². The van der Waals surface area contributed by atoms with E-state index < -0.39 is 0 Å². The molecule has 0 atom stereocenters. The first-order chi connectivity index (χ1) is 7.72. The van der Waals surface area contributed by atoms with Crippen LogP contribution in [0.1, 0.15) is 13.3 Å². The number of hydrogen-bond donors (Lipinski definition) is 0. The standard InChI is InChI=1S/C11H20N2O3/c1-10(9-11(14)15-2)12-3-4-13-5-7-16-8-6-13/h3-9H2,1-2H3. The minimum atomic E-state index is -0.229. The highest BCUT2D eigenvalue weighted by Gasteiger charge is 2.09. The topological polar surface area (TPSA) is 51.1 Å². The summed E-state index contributed by atoms with van der Waals surface area (Å²) in [6.45, 7) is 7.10. The molecule has 1 heterocycles. The molecule has 0 aromatic rings. The number of carbonyl (C=O) groups is 1. The number of morpholine rings is 1. The fourth-order valence-corrected chi connectivity index (χ4v) is 1.54. The van der Waals surface area contributed by atoms with E-state index >= 15 is 0 Å². The molecular weight excluding hydrogens is 208 g/mol. The molecule has 0 aliphatic carbocycles. The monoisotopic (exact) mass is 228 g/mol. The van der Waals surface area contributed by atoms with Crippen molar-refractivity contribution in [2.75, 3.05) is 46.5 Å². The van der Waals surface area contributed by atoms with Crippen molar-refractivity contribution in [1.29, 1.82) is 0 Å². The number of methoxy groups -OCH3 is 1. The third kappa shape index (κ3) is 5.23. The predicted octanol–water partition coefficient (Wildman–Crippen LogP) is 0.343. The van der Waals surface area contributed by atoms with Gasteiger partial charge in [-0.05, 0) is 6.92 Å². The van der Waals surface area contributed by atoms with E-state index in [9.17, 15) is 4.79 Å². The van der Waals surface area contributed by atoms with Gasteiger partial charge in [-0.1, -0.05) is 0 Å². The Morgan fingerprint density at radius 2 is 2.12 bits per heavy atom. The minimum absolute atomic E-state index is 0.229. The lowest BCUT2D eigenvalue weighted by Crippen LogP contribution is -2.37. The van der Waals surface area contributed by atoms with Crippen molar-refractivity contribution in [3.63, 3.8) is 0 Å². The third-order valence-electron chi connectivity index (χ3n) is 2.53. The van der Waals surface area contributed by atoms with E-state index in [1.54, 1.807) is 0 Å². The maximum atomic E-state index is 11.0. The van der Waals surface area contributed by atoms with E-state index in [-0.39, 0.29) is 5.97 Å². The lowest BCUT2D eigenvalue weighted by atomic mass is 10.3. The minimum Gasteiger partial charge on any atom is -0.469 e. The van der Waals surface area contributed by atoms with Crippen LogP contribution in [0.15, 0.2) is 4.99 Å². The van der Waals surface area contributed by atoms with Gasteiger partial charge in [0, 0.05) is 25.3 Å². The van der Waals surface area contributed by atoms with Gasteiger partial charge in [0.05, 0.1) is 33.3 Å². The lowest BCUT2D eigenvalue weighted by molar-refractivity contribution is -0.139. The fourth-order valence-electron chi connectivity index (χ4n) is 1.54. The van der Waals surface area contributed by atoms with E-state index in [0.717, 1.165) is 45.1 Å². The second-order valence-electron chi connectivity index (χ2n) is 3.82. The van der Waals surface area contributed by atoms with Gasteiger partial charge in [0.2, 0.25) is 0 Å². The van der Waals surface area contributed by atoms with Gasteiger partial charge in [0.25, 0.3) is 0 Å². The summed E-state index contributed by atoms with van der Waals surface area (Å²) >= 11 is 0. The molecule has 1 fully saturated rings. The summed E-state index contributed by atoms with van der Waals surface area (Å²) in [5, 5.41) is 0. The summed E-state index contributed by atoms with van der Waals surface area (Å²) in [7, 11) is 1.39. The summed E-state index contributed by atoms with van der Waals surface area (Å²) in [5.41, 5.74) is 0.833. The molecule has 0 spiro atoms. The first kappa shape index (κ1) is 13.1. The van der Waals surface area contributed by atoms with E-state index in [1.165, 1.54) is 7.11 Å². The van der Waals surface area contributed by atoms with Gasteiger partial charge >= 0.3 is 5.97 Å². The zero-order valence-electron chi connectivity index (χ0n) is 10.1. The Morgan fingerprint density at radius 3 is 2.75 bits per heavy atom. The van der Waals surface area contributed by atoms with E-state index in [4.69, 9.17) is 4.74 Å². The summed E-state index contributed by atoms with van der Waals surface area (Å²) in [4.78, 5) is 17.6. The van der Waals surface area contributed by atoms with Crippen molar-refractivity contribution < 1.29 is 14.3 Å². The number of hydrogen-bond acceptors (Lipinski definition) is 5. The number of ether oxygens (including phenoxy) is 2. The highest BCUT2D eigenvalue weighted by molar-refractivity contribution is 5.97. The maximum Gasteiger partial charge on any atom is 0.311 e. The van der Waals surface area contributed by atoms with Gasteiger partial charge in [0.15, 0.2) is 0 Å². The average molecular weight is 228 g/mol. The number of carbonyl (C=O) groups excluding carboxylic acids is 1. The van der Waals surface area contributed by atoms with Crippen LogP contribution in [0.25, 0.3) is 0 Å². The predicted molar refractivity (Wildman–Crippen MR) is 61.9 cm³/mol. The Balaban J connectivity index is 2.16. The molecule has 0 N–H and O–H groups in total. The molecule has 1 saturated heterocycles. The molecular formula is C11H20N2O3. The van der Waals surface area contributed by atoms with Crippen molar-refractivity contribution in [3.8, 4) is 0 Å². The molecule has 1 aliphatic rings. The van der Waals surface area contributed by atoms with Crippen molar-refractivity contribution in [3.05, 3.63) is 0 Å². The Labute approximate surface area is 96.4 Å². The zero-order valence-corrected chi connectivity index (χ0v) is 10.1. The number of rotatable bonds is 5. The van der Waals surface area contributed by atoms with E-state index in [1.807, 2.05) is 6.92 Å². The van der Waals surface area contributed by atoms with Crippen molar-refractivity contribution in [2.45, 2.75) is 13.3 Å². The molecule has 5 heteroatoms. The molecule has 1 aliphatic heterocycles. The lowest BCUT2D eigenvalue weighted by Gasteiger charge is -2.25. The summed E-state index contributed by atoms with van der Waals surface area (Å²) in [5.74, 6) is -0.229. The molecule has 0 saturated carbocycles. The van der Waals surface area contributed by atoms with Crippen LogP contribution in [0, 0.1) is 0 Å². The molecule has 16 heavy (non-hydrogen) atoms. The van der Waals surface area contributed by atoms with Crippen LogP contribution in [0.3, 0.4) is 0 Å². The highest BCUT2D eigenvalue weighted by atomic mass is 16.5. The van der Waals surface area contributed by atoms with Crippen LogP contribution < -0.4 is 0 Å². The third-order valence-corrected chi connectivity index (χ3v) is 2.53. The SMILES string of the molecule is COC(=O)CC(C)=NCCN1CCOCC1. The van der Waals surface area contributed by atoms with E-state index in [0.29, 0.717) is 6.42 Å². The Hall–Kier alpha value is -0.940. The van der Waals surface area contributed by atoms with E-state index in [2.05, 4.69) is 14.6 Å². The first-order valence-corrected chi connectivity index (χ1v) is 5.59. The zero-order chi connectivity index (χ0) is 11.8. The quantitative estimate of drug-likeness (QED) is 0.503. The van der Waals surface area contributed by atoms with Gasteiger partial charge in [-0.2, -0.15) is 0 Å². The fraction of sp³-hybridized carbons (Fsp3) is 0.818.